The predicted molar refractivity (Wildman–Crippen MR) is 109 cm³/mol. The van der Waals surface area contributed by atoms with Crippen molar-refractivity contribution in [3.63, 3.8) is 0 Å². The SMILES string of the molecule is CN(C)c1nc(NCC2COc3ccccc3O2)ncc1C=NNC(N)=S. The molecule has 1 unspecified atom stereocenters. The Bertz CT molecular complexity index is 844. The van der Waals surface area contributed by atoms with Crippen molar-refractivity contribution in [1.29, 1.82) is 0 Å². The van der Waals surface area contributed by atoms with Gasteiger partial charge in [0, 0.05) is 20.3 Å². The van der Waals surface area contributed by atoms with Crippen LogP contribution in [0.3, 0.4) is 0 Å². The molecule has 0 saturated carbocycles. The lowest BCUT2D eigenvalue weighted by Crippen LogP contribution is -2.35. The summed E-state index contributed by atoms with van der Waals surface area (Å²) in [6.07, 6.45) is 3.10. The van der Waals surface area contributed by atoms with E-state index in [9.17, 15) is 0 Å². The number of para-hydroxylation sites is 2. The van der Waals surface area contributed by atoms with E-state index in [0.717, 1.165) is 17.1 Å². The summed E-state index contributed by atoms with van der Waals surface area (Å²) in [7, 11) is 3.78. The molecule has 0 bridgehead atoms. The van der Waals surface area contributed by atoms with E-state index in [1.54, 1.807) is 12.4 Å². The van der Waals surface area contributed by atoms with Gasteiger partial charge >= 0.3 is 0 Å². The van der Waals surface area contributed by atoms with Gasteiger partial charge in [0.05, 0.1) is 18.3 Å². The first-order valence-electron chi connectivity index (χ1n) is 8.28. The van der Waals surface area contributed by atoms with Crippen LogP contribution in [-0.2, 0) is 0 Å². The molecule has 1 aromatic heterocycles. The maximum Gasteiger partial charge on any atom is 0.224 e. The first-order chi connectivity index (χ1) is 13.0. The fourth-order valence-corrected chi connectivity index (χ4v) is 2.50. The Balaban J connectivity index is 1.64. The number of hydrazone groups is 1. The van der Waals surface area contributed by atoms with Crippen molar-refractivity contribution in [2.24, 2.45) is 10.8 Å². The van der Waals surface area contributed by atoms with Gasteiger partial charge in [0.1, 0.15) is 18.5 Å². The molecule has 0 saturated heterocycles. The van der Waals surface area contributed by atoms with Crippen molar-refractivity contribution in [2.75, 3.05) is 37.5 Å². The van der Waals surface area contributed by atoms with Crippen LogP contribution in [0.15, 0.2) is 35.6 Å². The first kappa shape index (κ1) is 18.6. The van der Waals surface area contributed by atoms with E-state index in [0.29, 0.717) is 24.9 Å². The number of thiocarbonyl (C=S) groups is 1. The molecule has 1 atom stereocenters. The molecule has 0 fully saturated rings. The largest absolute Gasteiger partial charge is 0.486 e. The summed E-state index contributed by atoms with van der Waals surface area (Å²) in [4.78, 5) is 10.7. The molecule has 1 aliphatic rings. The van der Waals surface area contributed by atoms with Gasteiger partial charge in [-0.3, -0.25) is 5.43 Å². The molecule has 2 heterocycles. The minimum Gasteiger partial charge on any atom is -0.486 e. The van der Waals surface area contributed by atoms with E-state index < -0.39 is 0 Å². The smallest absolute Gasteiger partial charge is 0.224 e. The van der Waals surface area contributed by atoms with E-state index >= 15 is 0 Å². The standard InChI is InChI=1S/C17H21N7O2S/c1-24(2)15-11(8-21-23-16(18)27)7-19-17(22-15)20-9-12-10-25-13-5-3-4-6-14(13)26-12/h3-8,12H,9-10H2,1-2H3,(H3,18,23,27)(H,19,20,22). The van der Waals surface area contributed by atoms with E-state index in [1.165, 1.54) is 0 Å². The molecule has 27 heavy (non-hydrogen) atoms. The highest BCUT2D eigenvalue weighted by molar-refractivity contribution is 7.80. The van der Waals surface area contributed by atoms with Crippen LogP contribution in [0.5, 0.6) is 11.5 Å². The number of fused-ring (bicyclic) bond motifs is 1. The number of hydrogen-bond donors (Lipinski definition) is 3. The van der Waals surface area contributed by atoms with Crippen LogP contribution in [0.25, 0.3) is 0 Å². The normalized spacial score (nSPS) is 15.4. The monoisotopic (exact) mass is 387 g/mol. The summed E-state index contributed by atoms with van der Waals surface area (Å²) >= 11 is 4.72. The zero-order chi connectivity index (χ0) is 19.2. The van der Waals surface area contributed by atoms with Gasteiger partial charge < -0.3 is 25.4 Å². The summed E-state index contributed by atoms with van der Waals surface area (Å²) < 4.78 is 11.6. The summed E-state index contributed by atoms with van der Waals surface area (Å²) in [6.45, 7) is 0.970. The van der Waals surface area contributed by atoms with Crippen LogP contribution in [0, 0.1) is 0 Å². The Morgan fingerprint density at radius 2 is 2.19 bits per heavy atom. The van der Waals surface area contributed by atoms with Crippen LogP contribution < -0.4 is 30.8 Å². The maximum atomic E-state index is 5.92. The third-order valence-electron chi connectivity index (χ3n) is 3.65. The number of nitrogens with two attached hydrogens (primary N) is 1. The third-order valence-corrected chi connectivity index (χ3v) is 3.74. The second-order valence-electron chi connectivity index (χ2n) is 5.98. The molecule has 1 aromatic carbocycles. The van der Waals surface area contributed by atoms with E-state index in [-0.39, 0.29) is 11.2 Å². The summed E-state index contributed by atoms with van der Waals surface area (Å²) in [5, 5.41) is 7.23. The molecule has 3 rings (SSSR count). The lowest BCUT2D eigenvalue weighted by Gasteiger charge is -2.26. The lowest BCUT2D eigenvalue weighted by atomic mass is 10.2. The Kier molecular flexibility index (Phi) is 5.87. The zero-order valence-corrected chi connectivity index (χ0v) is 15.9. The fourth-order valence-electron chi connectivity index (χ4n) is 2.45. The highest BCUT2D eigenvalue weighted by Gasteiger charge is 2.20. The molecule has 0 spiro atoms. The van der Waals surface area contributed by atoms with Gasteiger partial charge in [0.25, 0.3) is 0 Å². The Morgan fingerprint density at radius 1 is 1.41 bits per heavy atom. The van der Waals surface area contributed by atoms with Crippen LogP contribution in [0.4, 0.5) is 11.8 Å². The maximum absolute atomic E-state index is 5.92. The van der Waals surface area contributed by atoms with Gasteiger partial charge in [0.2, 0.25) is 5.95 Å². The molecular formula is C17H21N7O2S. The first-order valence-corrected chi connectivity index (χ1v) is 8.69. The van der Waals surface area contributed by atoms with Crippen molar-refractivity contribution in [3.05, 3.63) is 36.0 Å². The molecule has 0 amide bonds. The number of nitrogens with zero attached hydrogens (tertiary/aromatic N) is 4. The quantitative estimate of drug-likeness (QED) is 0.379. The molecule has 142 valence electrons. The zero-order valence-electron chi connectivity index (χ0n) is 15.0. The van der Waals surface area contributed by atoms with Crippen molar-refractivity contribution < 1.29 is 9.47 Å². The molecular weight excluding hydrogens is 366 g/mol. The van der Waals surface area contributed by atoms with E-state index in [4.69, 9.17) is 27.4 Å². The van der Waals surface area contributed by atoms with Gasteiger partial charge in [-0.2, -0.15) is 10.1 Å². The molecule has 0 aliphatic carbocycles. The Labute approximate surface area is 162 Å². The summed E-state index contributed by atoms with van der Waals surface area (Å²) in [5.74, 6) is 2.68. The molecule has 2 aromatic rings. The van der Waals surface area contributed by atoms with Gasteiger partial charge in [-0.1, -0.05) is 12.1 Å². The highest BCUT2D eigenvalue weighted by Crippen LogP contribution is 2.30. The number of aromatic nitrogens is 2. The highest BCUT2D eigenvalue weighted by atomic mass is 32.1. The molecule has 4 N–H and O–H groups in total. The van der Waals surface area contributed by atoms with Crippen molar-refractivity contribution in [2.45, 2.75) is 6.10 Å². The van der Waals surface area contributed by atoms with Crippen molar-refractivity contribution in [1.82, 2.24) is 15.4 Å². The van der Waals surface area contributed by atoms with Crippen LogP contribution >= 0.6 is 12.2 Å². The van der Waals surface area contributed by atoms with Gasteiger partial charge in [-0.25, -0.2) is 4.98 Å². The third kappa shape index (κ3) is 4.94. The Hall–Kier alpha value is -3.14. The molecule has 1 aliphatic heterocycles. The van der Waals surface area contributed by atoms with Crippen LogP contribution in [0.1, 0.15) is 5.56 Å². The Morgan fingerprint density at radius 3 is 2.93 bits per heavy atom. The van der Waals surface area contributed by atoms with Gasteiger partial charge in [-0.05, 0) is 24.4 Å². The minimum atomic E-state index is -0.137. The average Bonchev–Trinajstić information content (AvgIpc) is 2.66. The number of anilines is 2. The molecule has 10 heteroatoms. The predicted octanol–water partition coefficient (Wildman–Crippen LogP) is 0.962. The molecule has 0 radical (unpaired) electrons. The van der Waals surface area contributed by atoms with Gasteiger partial charge in [-0.15, -0.1) is 0 Å². The number of nitrogens with one attached hydrogen (secondary N) is 2. The number of benzene rings is 1. The van der Waals surface area contributed by atoms with Crippen LogP contribution in [-0.4, -0.2) is 54.6 Å². The van der Waals surface area contributed by atoms with E-state index in [1.807, 2.05) is 43.3 Å². The second-order valence-corrected chi connectivity index (χ2v) is 6.42. The second kappa shape index (κ2) is 8.49. The lowest BCUT2D eigenvalue weighted by molar-refractivity contribution is 0.0996. The van der Waals surface area contributed by atoms with Crippen molar-refractivity contribution >= 4 is 35.3 Å². The average molecular weight is 387 g/mol. The number of hydrogen-bond acceptors (Lipinski definition) is 8. The fraction of sp³-hybridized carbons (Fsp3) is 0.294. The topological polar surface area (TPSA) is 110 Å². The molecule has 9 nitrogen and oxygen atoms in total. The van der Waals surface area contributed by atoms with Crippen molar-refractivity contribution in [3.8, 4) is 11.5 Å². The number of rotatable bonds is 6. The van der Waals surface area contributed by atoms with Crippen LogP contribution in [0.2, 0.25) is 0 Å². The number of ether oxygens (including phenoxy) is 2. The van der Waals surface area contributed by atoms with Gasteiger partial charge in [0.15, 0.2) is 16.6 Å². The summed E-state index contributed by atoms with van der Waals surface area (Å²) in [5.41, 5.74) is 8.58. The van der Waals surface area contributed by atoms with E-state index in [2.05, 4.69) is 25.8 Å². The minimum absolute atomic E-state index is 0.0909. The summed E-state index contributed by atoms with van der Waals surface area (Å²) in [6, 6.07) is 7.60.